The third-order valence-corrected chi connectivity index (χ3v) is 4.63. The third kappa shape index (κ3) is 5.79. The molecule has 1 aromatic rings. The van der Waals surface area contributed by atoms with E-state index in [0.717, 1.165) is 31.5 Å². The van der Waals surface area contributed by atoms with Crippen LogP contribution in [0.3, 0.4) is 0 Å². The second-order valence-corrected chi connectivity index (χ2v) is 6.79. The summed E-state index contributed by atoms with van der Waals surface area (Å²) in [6, 6.07) is 7.26. The number of aliphatic hydroxyl groups is 1. The molecule has 2 unspecified atom stereocenters. The van der Waals surface area contributed by atoms with E-state index in [9.17, 15) is 9.90 Å². The van der Waals surface area contributed by atoms with E-state index >= 15 is 0 Å². The number of rotatable bonds is 6. The van der Waals surface area contributed by atoms with Crippen molar-refractivity contribution >= 4 is 17.5 Å². The Morgan fingerprint density at radius 1 is 1.22 bits per heavy atom. The maximum Gasteiger partial charge on any atom is 0.224 e. The number of carbonyl (C=O) groups excluding carboxylic acids is 1. The number of halogens is 1. The van der Waals surface area contributed by atoms with Crippen LogP contribution in [-0.4, -0.2) is 41.7 Å². The Morgan fingerprint density at radius 3 is 2.39 bits per heavy atom. The van der Waals surface area contributed by atoms with Gasteiger partial charge in [0.15, 0.2) is 0 Å². The van der Waals surface area contributed by atoms with E-state index in [1.165, 1.54) is 12.8 Å². The van der Waals surface area contributed by atoms with E-state index in [0.29, 0.717) is 11.4 Å². The first-order valence-corrected chi connectivity index (χ1v) is 8.88. The average molecular weight is 339 g/mol. The maximum atomic E-state index is 12.4. The van der Waals surface area contributed by atoms with Crippen LogP contribution >= 0.6 is 11.6 Å². The van der Waals surface area contributed by atoms with E-state index in [4.69, 9.17) is 11.6 Å². The molecule has 2 rings (SSSR count). The fraction of sp³-hybridized carbons (Fsp3) is 0.611. The summed E-state index contributed by atoms with van der Waals surface area (Å²) in [5.41, 5.74) is 0.978. The number of hydrogen-bond donors (Lipinski definition) is 2. The minimum absolute atomic E-state index is 0.0100. The first-order chi connectivity index (χ1) is 11.1. The second kappa shape index (κ2) is 9.26. The molecular weight excluding hydrogens is 312 g/mol. The molecule has 5 heteroatoms. The number of benzene rings is 1. The topological polar surface area (TPSA) is 52.6 Å². The molecule has 1 aliphatic heterocycles. The monoisotopic (exact) mass is 338 g/mol. The quantitative estimate of drug-likeness (QED) is 0.837. The van der Waals surface area contributed by atoms with Crippen LogP contribution in [0.5, 0.6) is 0 Å². The smallest absolute Gasteiger partial charge is 0.224 e. The van der Waals surface area contributed by atoms with Crippen LogP contribution in [0.2, 0.25) is 5.02 Å². The van der Waals surface area contributed by atoms with Crippen LogP contribution in [0, 0.1) is 0 Å². The fourth-order valence-corrected chi connectivity index (χ4v) is 3.19. The van der Waals surface area contributed by atoms with Gasteiger partial charge in [0, 0.05) is 30.6 Å². The van der Waals surface area contributed by atoms with E-state index in [1.54, 1.807) is 0 Å². The van der Waals surface area contributed by atoms with Crippen molar-refractivity contribution in [3.63, 3.8) is 0 Å². The zero-order chi connectivity index (χ0) is 16.7. The number of carbonyl (C=O) groups is 1. The summed E-state index contributed by atoms with van der Waals surface area (Å²) in [6.07, 6.45) is 5.13. The molecule has 0 radical (unpaired) electrons. The highest BCUT2D eigenvalue weighted by molar-refractivity contribution is 6.30. The minimum Gasteiger partial charge on any atom is -0.394 e. The van der Waals surface area contributed by atoms with Crippen LogP contribution in [0.4, 0.5) is 0 Å². The van der Waals surface area contributed by atoms with Crippen LogP contribution in [-0.2, 0) is 4.79 Å². The predicted molar refractivity (Wildman–Crippen MR) is 93.5 cm³/mol. The predicted octanol–water partition coefficient (Wildman–Crippen LogP) is 3.14. The number of nitrogens with one attached hydrogen (secondary N) is 1. The molecule has 1 aliphatic rings. The summed E-state index contributed by atoms with van der Waals surface area (Å²) >= 11 is 5.90. The summed E-state index contributed by atoms with van der Waals surface area (Å²) in [7, 11) is 0. The minimum atomic E-state index is -0.181. The molecule has 0 aliphatic carbocycles. The molecule has 2 N–H and O–H groups in total. The molecule has 1 fully saturated rings. The van der Waals surface area contributed by atoms with E-state index in [2.05, 4.69) is 5.32 Å². The molecule has 1 heterocycles. The van der Waals surface area contributed by atoms with Crippen molar-refractivity contribution in [2.24, 2.45) is 0 Å². The van der Waals surface area contributed by atoms with Gasteiger partial charge in [-0.3, -0.25) is 4.79 Å². The Balaban J connectivity index is 1.87. The van der Waals surface area contributed by atoms with Gasteiger partial charge in [-0.25, -0.2) is 0 Å². The van der Waals surface area contributed by atoms with E-state index < -0.39 is 0 Å². The van der Waals surface area contributed by atoms with Crippen molar-refractivity contribution in [3.8, 4) is 0 Å². The second-order valence-electron chi connectivity index (χ2n) is 6.35. The molecule has 1 saturated heterocycles. The standard InChI is InChI=1S/C18H27ClN2O2/c1-14(12-18(23)21-10-4-2-3-5-11-21)20-17(13-22)15-6-8-16(19)9-7-15/h6-9,14,17,20,22H,2-5,10-13H2,1H3. The molecule has 0 saturated carbocycles. The number of aliphatic hydroxyl groups excluding tert-OH is 1. The van der Waals surface area contributed by atoms with Crippen LogP contribution in [0.25, 0.3) is 0 Å². The maximum absolute atomic E-state index is 12.4. The average Bonchev–Trinajstić information content (AvgIpc) is 2.83. The number of likely N-dealkylation sites (tertiary alicyclic amines) is 1. The Kier molecular flexibility index (Phi) is 7.34. The van der Waals surface area contributed by atoms with Crippen molar-refractivity contribution < 1.29 is 9.90 Å². The summed E-state index contributed by atoms with van der Waals surface area (Å²) in [5.74, 6) is 0.208. The Morgan fingerprint density at radius 2 is 1.83 bits per heavy atom. The Labute approximate surface area is 143 Å². The normalized spacial score (nSPS) is 18.3. The summed E-state index contributed by atoms with van der Waals surface area (Å²) in [4.78, 5) is 14.4. The van der Waals surface area contributed by atoms with Gasteiger partial charge in [-0.05, 0) is 37.5 Å². The lowest BCUT2D eigenvalue weighted by molar-refractivity contribution is -0.131. The van der Waals surface area contributed by atoms with E-state index in [-0.39, 0.29) is 24.6 Å². The molecule has 1 amide bonds. The molecule has 23 heavy (non-hydrogen) atoms. The largest absolute Gasteiger partial charge is 0.394 e. The van der Waals surface area contributed by atoms with Crippen molar-refractivity contribution in [3.05, 3.63) is 34.9 Å². The van der Waals surface area contributed by atoms with Gasteiger partial charge < -0.3 is 15.3 Å². The molecule has 0 spiro atoms. The van der Waals surface area contributed by atoms with Crippen LogP contribution in [0.15, 0.2) is 24.3 Å². The van der Waals surface area contributed by atoms with E-state index in [1.807, 2.05) is 36.1 Å². The number of hydrogen-bond acceptors (Lipinski definition) is 3. The Hall–Kier alpha value is -1.10. The van der Waals surface area contributed by atoms with Gasteiger partial charge in [0.2, 0.25) is 5.91 Å². The van der Waals surface area contributed by atoms with Gasteiger partial charge in [0.25, 0.3) is 0 Å². The SMILES string of the molecule is CC(CC(=O)N1CCCCCC1)NC(CO)c1ccc(Cl)cc1. The van der Waals surface area contributed by atoms with Crippen molar-refractivity contribution in [1.29, 1.82) is 0 Å². The zero-order valence-electron chi connectivity index (χ0n) is 13.8. The highest BCUT2D eigenvalue weighted by atomic mass is 35.5. The molecule has 2 atom stereocenters. The highest BCUT2D eigenvalue weighted by Gasteiger charge is 2.20. The molecule has 4 nitrogen and oxygen atoms in total. The van der Waals surface area contributed by atoms with Crippen LogP contribution < -0.4 is 5.32 Å². The number of amides is 1. The van der Waals surface area contributed by atoms with Crippen molar-refractivity contribution in [2.75, 3.05) is 19.7 Å². The van der Waals surface area contributed by atoms with Crippen molar-refractivity contribution in [2.45, 2.75) is 51.1 Å². The van der Waals surface area contributed by atoms with Gasteiger partial charge in [-0.2, -0.15) is 0 Å². The summed E-state index contributed by atoms with van der Waals surface area (Å²) < 4.78 is 0. The van der Waals surface area contributed by atoms with Crippen LogP contribution in [0.1, 0.15) is 50.6 Å². The molecule has 0 bridgehead atoms. The first kappa shape index (κ1) is 18.2. The zero-order valence-corrected chi connectivity index (χ0v) is 14.6. The van der Waals surface area contributed by atoms with Gasteiger partial charge in [0.05, 0.1) is 12.6 Å². The summed E-state index contributed by atoms with van der Waals surface area (Å²) in [5, 5.41) is 13.7. The van der Waals surface area contributed by atoms with Gasteiger partial charge >= 0.3 is 0 Å². The van der Waals surface area contributed by atoms with Crippen molar-refractivity contribution in [1.82, 2.24) is 10.2 Å². The lowest BCUT2D eigenvalue weighted by Gasteiger charge is -2.25. The first-order valence-electron chi connectivity index (χ1n) is 8.50. The Bertz CT molecular complexity index is 484. The number of nitrogens with zero attached hydrogens (tertiary/aromatic N) is 1. The summed E-state index contributed by atoms with van der Waals surface area (Å²) in [6.45, 7) is 3.75. The fourth-order valence-electron chi connectivity index (χ4n) is 3.06. The lowest BCUT2D eigenvalue weighted by Crippen LogP contribution is -2.39. The molecule has 0 aromatic heterocycles. The molecule has 128 valence electrons. The lowest BCUT2D eigenvalue weighted by atomic mass is 10.1. The molecule has 1 aromatic carbocycles. The highest BCUT2D eigenvalue weighted by Crippen LogP contribution is 2.18. The molecular formula is C18H27ClN2O2. The van der Waals surface area contributed by atoms with Gasteiger partial charge in [-0.15, -0.1) is 0 Å². The third-order valence-electron chi connectivity index (χ3n) is 4.38. The van der Waals surface area contributed by atoms with Gasteiger partial charge in [-0.1, -0.05) is 36.6 Å². The van der Waals surface area contributed by atoms with Gasteiger partial charge in [0.1, 0.15) is 0 Å².